The zero-order valence-corrected chi connectivity index (χ0v) is 15.1. The van der Waals surface area contributed by atoms with Crippen LogP contribution in [0, 0.1) is 0 Å². The molecule has 0 bridgehead atoms. The van der Waals surface area contributed by atoms with Crippen molar-refractivity contribution >= 4 is 21.8 Å². The second kappa shape index (κ2) is 8.63. The second-order valence-electron chi connectivity index (χ2n) is 5.11. The van der Waals surface area contributed by atoms with E-state index in [2.05, 4.69) is 5.32 Å². The fourth-order valence-electron chi connectivity index (χ4n) is 2.26. The van der Waals surface area contributed by atoms with Crippen LogP contribution in [0.15, 0.2) is 24.3 Å². The van der Waals surface area contributed by atoms with Gasteiger partial charge in [-0.05, 0) is 12.1 Å². The van der Waals surface area contributed by atoms with Crippen LogP contribution in [0.4, 0.5) is 18.9 Å². The molecule has 1 amide bonds. The van der Waals surface area contributed by atoms with Gasteiger partial charge in [0, 0.05) is 19.6 Å². The van der Waals surface area contributed by atoms with E-state index in [4.69, 9.17) is 0 Å². The third-order valence-corrected chi connectivity index (χ3v) is 5.75. The van der Waals surface area contributed by atoms with Crippen molar-refractivity contribution in [3.63, 3.8) is 0 Å². The van der Waals surface area contributed by atoms with E-state index < -0.39 is 40.1 Å². The summed E-state index contributed by atoms with van der Waals surface area (Å²) in [5.74, 6) is -0.839. The zero-order valence-electron chi connectivity index (χ0n) is 14.3. The van der Waals surface area contributed by atoms with Crippen LogP contribution in [0.5, 0.6) is 0 Å². The summed E-state index contributed by atoms with van der Waals surface area (Å²) in [7, 11) is -3.86. The fraction of sp³-hybridized carbons (Fsp3) is 0.533. The highest BCUT2D eigenvalue weighted by Crippen LogP contribution is 2.34. The number of alkyl halides is 3. The molecule has 0 atom stereocenters. The maximum absolute atomic E-state index is 12.9. The maximum Gasteiger partial charge on any atom is 0.418 e. The summed E-state index contributed by atoms with van der Waals surface area (Å²) >= 11 is 0. The molecule has 0 saturated heterocycles. The van der Waals surface area contributed by atoms with Crippen molar-refractivity contribution in [3.8, 4) is 0 Å². The Hall–Kier alpha value is -1.65. The molecule has 1 N–H and O–H groups in total. The summed E-state index contributed by atoms with van der Waals surface area (Å²) in [4.78, 5) is 12.1. The van der Waals surface area contributed by atoms with E-state index in [0.29, 0.717) is 0 Å². The number of carbonyl (C=O) groups excluding carboxylic acids is 1. The van der Waals surface area contributed by atoms with Gasteiger partial charge in [0.1, 0.15) is 0 Å². The Bertz CT molecular complexity index is 689. The van der Waals surface area contributed by atoms with Gasteiger partial charge in [0.25, 0.3) is 10.2 Å². The number of nitrogens with one attached hydrogen (secondary N) is 1. The number of hydrogen-bond acceptors (Lipinski definition) is 3. The number of likely N-dealkylation sites (N-methyl/N-ethyl adjacent to an activating group) is 1. The lowest BCUT2D eigenvalue weighted by molar-refractivity contribution is -0.137. The summed E-state index contributed by atoms with van der Waals surface area (Å²) < 4.78 is 65.8. The van der Waals surface area contributed by atoms with Crippen LogP contribution in [-0.4, -0.2) is 49.1 Å². The van der Waals surface area contributed by atoms with Crippen LogP contribution in [-0.2, 0) is 21.2 Å². The van der Waals surface area contributed by atoms with Gasteiger partial charge in [0.05, 0.1) is 17.8 Å². The lowest BCUT2D eigenvalue weighted by Gasteiger charge is -2.27. The largest absolute Gasteiger partial charge is 0.418 e. The third-order valence-electron chi connectivity index (χ3n) is 3.54. The molecule has 25 heavy (non-hydrogen) atoms. The highest BCUT2D eigenvalue weighted by Gasteiger charge is 2.34. The summed E-state index contributed by atoms with van der Waals surface area (Å²) in [6.45, 7) is 4.79. The molecule has 1 aromatic rings. The van der Waals surface area contributed by atoms with Crippen molar-refractivity contribution in [1.29, 1.82) is 0 Å². The molecule has 0 aliphatic carbocycles. The summed E-state index contributed by atoms with van der Waals surface area (Å²) in [5, 5.41) is 2.15. The quantitative estimate of drug-likeness (QED) is 0.752. The number of para-hydroxylation sites is 1. The molecule has 0 unspecified atom stereocenters. The molecule has 0 aliphatic rings. The third kappa shape index (κ3) is 5.41. The number of rotatable bonds is 8. The maximum atomic E-state index is 12.9. The molecule has 0 heterocycles. The van der Waals surface area contributed by atoms with E-state index in [9.17, 15) is 26.4 Å². The van der Waals surface area contributed by atoms with Gasteiger partial charge in [-0.3, -0.25) is 4.79 Å². The van der Waals surface area contributed by atoms with E-state index in [1.54, 1.807) is 20.8 Å². The van der Waals surface area contributed by atoms with Gasteiger partial charge >= 0.3 is 6.18 Å². The Morgan fingerprint density at radius 2 is 1.56 bits per heavy atom. The normalized spacial score (nSPS) is 12.6. The first-order chi connectivity index (χ1) is 11.6. The molecule has 142 valence electrons. The summed E-state index contributed by atoms with van der Waals surface area (Å²) in [6, 6.07) is 4.53. The van der Waals surface area contributed by atoms with Crippen LogP contribution in [0.2, 0.25) is 0 Å². The molecule has 0 aromatic heterocycles. The van der Waals surface area contributed by atoms with Gasteiger partial charge in [-0.2, -0.15) is 30.2 Å². The van der Waals surface area contributed by atoms with Gasteiger partial charge in [0.15, 0.2) is 0 Å². The molecule has 6 nitrogen and oxygen atoms in total. The van der Waals surface area contributed by atoms with Gasteiger partial charge < -0.3 is 5.32 Å². The predicted molar refractivity (Wildman–Crippen MR) is 89.2 cm³/mol. The Labute approximate surface area is 145 Å². The minimum Gasteiger partial charge on any atom is -0.324 e. The molecule has 0 saturated carbocycles. The fourth-order valence-corrected chi connectivity index (χ4v) is 3.84. The molecule has 1 aromatic carbocycles. The molecular formula is C15H22F3N3O3S. The Kier molecular flexibility index (Phi) is 7.39. The minimum absolute atomic E-state index is 0.0210. The predicted octanol–water partition coefficient (Wildman–Crippen LogP) is 2.55. The average molecular weight is 381 g/mol. The number of halogens is 3. The zero-order chi connectivity index (χ0) is 19.3. The number of hydrogen-bond donors (Lipinski definition) is 1. The van der Waals surface area contributed by atoms with E-state index >= 15 is 0 Å². The first-order valence-electron chi connectivity index (χ1n) is 7.79. The van der Waals surface area contributed by atoms with Crippen molar-refractivity contribution in [3.05, 3.63) is 29.8 Å². The summed E-state index contributed by atoms with van der Waals surface area (Å²) in [6.07, 6.45) is -4.62. The lowest BCUT2D eigenvalue weighted by atomic mass is 10.1. The molecular weight excluding hydrogens is 359 g/mol. The van der Waals surface area contributed by atoms with Crippen LogP contribution in [0.1, 0.15) is 26.3 Å². The van der Waals surface area contributed by atoms with Crippen molar-refractivity contribution in [2.75, 3.05) is 31.5 Å². The van der Waals surface area contributed by atoms with E-state index in [0.717, 1.165) is 16.4 Å². The van der Waals surface area contributed by atoms with E-state index in [1.807, 2.05) is 0 Å². The molecule has 10 heteroatoms. The first-order valence-corrected chi connectivity index (χ1v) is 9.18. The minimum atomic E-state index is -4.62. The smallest absolute Gasteiger partial charge is 0.324 e. The number of carbonyl (C=O) groups is 1. The van der Waals surface area contributed by atoms with Gasteiger partial charge in [0.2, 0.25) is 5.91 Å². The lowest BCUT2D eigenvalue weighted by Crippen LogP contribution is -2.46. The van der Waals surface area contributed by atoms with Crippen LogP contribution < -0.4 is 5.32 Å². The van der Waals surface area contributed by atoms with E-state index in [1.165, 1.54) is 16.4 Å². The first kappa shape index (κ1) is 21.4. The summed E-state index contributed by atoms with van der Waals surface area (Å²) in [5.41, 5.74) is -1.39. The van der Waals surface area contributed by atoms with Crippen molar-refractivity contribution in [2.24, 2.45) is 0 Å². The second-order valence-corrected chi connectivity index (χ2v) is 7.04. The van der Waals surface area contributed by atoms with Gasteiger partial charge in [-0.1, -0.05) is 32.9 Å². The molecule has 0 radical (unpaired) electrons. The highest BCUT2D eigenvalue weighted by molar-refractivity contribution is 7.86. The molecule has 0 spiro atoms. The topological polar surface area (TPSA) is 69.7 Å². The number of anilines is 1. The van der Waals surface area contributed by atoms with Crippen LogP contribution >= 0.6 is 0 Å². The van der Waals surface area contributed by atoms with Crippen molar-refractivity contribution in [2.45, 2.75) is 26.9 Å². The standard InChI is InChI=1S/C15H22F3N3O3S/c1-4-20(5-2)25(23,24)21(6-3)11-14(22)19-13-10-8-7-9-12(13)15(16,17)18/h7-10H,4-6,11H2,1-3H3,(H,19,22). The number of nitrogens with zero attached hydrogens (tertiary/aromatic N) is 2. The Morgan fingerprint density at radius 1 is 1.04 bits per heavy atom. The highest BCUT2D eigenvalue weighted by atomic mass is 32.2. The van der Waals surface area contributed by atoms with E-state index in [-0.39, 0.29) is 19.6 Å². The molecule has 0 aliphatic heterocycles. The van der Waals surface area contributed by atoms with Gasteiger partial charge in [-0.25, -0.2) is 0 Å². The SMILES string of the molecule is CCN(CC)S(=O)(=O)N(CC)CC(=O)Nc1ccccc1C(F)(F)F. The number of amides is 1. The van der Waals surface area contributed by atoms with Crippen molar-refractivity contribution in [1.82, 2.24) is 8.61 Å². The molecule has 0 fully saturated rings. The van der Waals surface area contributed by atoms with Crippen LogP contribution in [0.25, 0.3) is 0 Å². The average Bonchev–Trinajstić information content (AvgIpc) is 2.52. The van der Waals surface area contributed by atoms with Crippen LogP contribution in [0.3, 0.4) is 0 Å². The number of benzene rings is 1. The van der Waals surface area contributed by atoms with Gasteiger partial charge in [-0.15, -0.1) is 0 Å². The Morgan fingerprint density at radius 3 is 2.04 bits per heavy atom. The Balaban J connectivity index is 2.96. The van der Waals surface area contributed by atoms with Crippen molar-refractivity contribution < 1.29 is 26.4 Å². The molecule has 1 rings (SSSR count). The monoisotopic (exact) mass is 381 g/mol.